The number of carbonyl (C=O) groups is 1. The van der Waals surface area contributed by atoms with Crippen molar-refractivity contribution in [2.75, 3.05) is 6.61 Å². The highest BCUT2D eigenvalue weighted by Gasteiger charge is 2.28. The van der Waals surface area contributed by atoms with Gasteiger partial charge in [-0.25, -0.2) is 13.6 Å². The number of fused-ring (bicyclic) bond motifs is 1. The van der Waals surface area contributed by atoms with Crippen LogP contribution in [0.25, 0.3) is 0 Å². The number of aromatic amines is 1. The van der Waals surface area contributed by atoms with Crippen LogP contribution in [-0.2, 0) is 17.6 Å². The van der Waals surface area contributed by atoms with Crippen LogP contribution in [0.1, 0.15) is 46.7 Å². The fraction of sp³-hybridized carbons (Fsp3) is 0.412. The number of hydrogen-bond acceptors (Lipinski definition) is 3. The molecule has 7 heteroatoms. The fourth-order valence-corrected chi connectivity index (χ4v) is 3.76. The maximum atomic E-state index is 13.9. The molecular weight excluding hydrogens is 334 g/mol. The number of aromatic nitrogens is 2. The Morgan fingerprint density at radius 2 is 2.21 bits per heavy atom. The van der Waals surface area contributed by atoms with Crippen LogP contribution < -0.4 is 0 Å². The number of carbonyl (C=O) groups excluding carboxylic acids is 1. The number of ether oxygens (including phenoxy) is 1. The molecule has 128 valence electrons. The lowest BCUT2D eigenvalue weighted by Crippen LogP contribution is -2.24. The average molecular weight is 352 g/mol. The first-order valence-corrected chi connectivity index (χ1v) is 8.28. The third-order valence-electron chi connectivity index (χ3n) is 4.38. The molecule has 0 saturated heterocycles. The Hall–Kier alpha value is -2.02. The molecule has 0 radical (unpaired) electrons. The molecule has 1 aliphatic rings. The van der Waals surface area contributed by atoms with E-state index in [1.165, 1.54) is 6.07 Å². The minimum Gasteiger partial charge on any atom is -0.461 e. The van der Waals surface area contributed by atoms with Crippen LogP contribution in [0.5, 0.6) is 0 Å². The third kappa shape index (κ3) is 2.88. The van der Waals surface area contributed by atoms with Gasteiger partial charge in [-0.1, -0.05) is 0 Å². The van der Waals surface area contributed by atoms with Crippen molar-refractivity contribution in [1.29, 1.82) is 0 Å². The highest BCUT2D eigenvalue weighted by molar-refractivity contribution is 7.71. The van der Waals surface area contributed by atoms with Gasteiger partial charge in [0.1, 0.15) is 17.3 Å². The molecule has 0 spiro atoms. The molecule has 1 heterocycles. The minimum atomic E-state index is -0.591. The number of benzene rings is 1. The SMILES string of the molecule is CCOC(=O)c1c(C)[nH]c(=S)n1C1CCc2c(F)cc(F)cc2C1. The molecule has 1 aromatic carbocycles. The Labute approximate surface area is 143 Å². The van der Waals surface area contributed by atoms with E-state index in [4.69, 9.17) is 17.0 Å². The van der Waals surface area contributed by atoms with Crippen molar-refractivity contribution in [3.63, 3.8) is 0 Å². The number of rotatable bonds is 3. The number of H-pyrrole nitrogens is 1. The van der Waals surface area contributed by atoms with Crippen LogP contribution in [0.2, 0.25) is 0 Å². The van der Waals surface area contributed by atoms with Crippen LogP contribution in [0.15, 0.2) is 12.1 Å². The van der Waals surface area contributed by atoms with Crippen molar-refractivity contribution >= 4 is 18.2 Å². The number of nitrogens with one attached hydrogen (secondary N) is 1. The molecule has 1 aromatic heterocycles. The van der Waals surface area contributed by atoms with Gasteiger partial charge in [-0.15, -0.1) is 0 Å². The Bertz CT molecular complexity index is 857. The number of nitrogens with zero attached hydrogens (tertiary/aromatic N) is 1. The summed E-state index contributed by atoms with van der Waals surface area (Å²) in [6.45, 7) is 3.76. The van der Waals surface area contributed by atoms with E-state index in [1.807, 2.05) is 0 Å². The molecule has 4 nitrogen and oxygen atoms in total. The maximum absolute atomic E-state index is 13.9. The Balaban J connectivity index is 2.02. The molecule has 0 saturated carbocycles. The second-order valence-electron chi connectivity index (χ2n) is 5.92. The zero-order valence-corrected chi connectivity index (χ0v) is 14.3. The van der Waals surface area contributed by atoms with E-state index in [0.717, 1.165) is 6.07 Å². The summed E-state index contributed by atoms with van der Waals surface area (Å²) in [4.78, 5) is 15.3. The van der Waals surface area contributed by atoms with E-state index < -0.39 is 17.6 Å². The Morgan fingerprint density at radius 3 is 2.92 bits per heavy atom. The molecular formula is C17H18F2N2O2S. The predicted octanol–water partition coefficient (Wildman–Crippen LogP) is 4.04. The van der Waals surface area contributed by atoms with E-state index in [1.54, 1.807) is 18.4 Å². The van der Waals surface area contributed by atoms with Gasteiger partial charge in [-0.05, 0) is 62.5 Å². The highest BCUT2D eigenvalue weighted by Crippen LogP contribution is 2.33. The minimum absolute atomic E-state index is 0.143. The van der Waals surface area contributed by atoms with Crippen molar-refractivity contribution in [3.8, 4) is 0 Å². The third-order valence-corrected chi connectivity index (χ3v) is 4.68. The van der Waals surface area contributed by atoms with E-state index >= 15 is 0 Å². The molecule has 1 aliphatic carbocycles. The average Bonchev–Trinajstić information content (AvgIpc) is 2.81. The van der Waals surface area contributed by atoms with Gasteiger partial charge in [0.05, 0.1) is 6.61 Å². The van der Waals surface area contributed by atoms with Gasteiger partial charge in [-0.2, -0.15) is 0 Å². The van der Waals surface area contributed by atoms with Crippen molar-refractivity contribution in [2.45, 2.75) is 39.2 Å². The monoisotopic (exact) mass is 352 g/mol. The highest BCUT2D eigenvalue weighted by atomic mass is 32.1. The summed E-state index contributed by atoms with van der Waals surface area (Å²) in [5.41, 5.74) is 2.19. The van der Waals surface area contributed by atoms with Crippen LogP contribution in [0.3, 0.4) is 0 Å². The first kappa shape index (κ1) is 16.8. The summed E-state index contributed by atoms with van der Waals surface area (Å²) in [6, 6.07) is 2.13. The van der Waals surface area contributed by atoms with Gasteiger partial charge in [0.2, 0.25) is 0 Å². The lowest BCUT2D eigenvalue weighted by Gasteiger charge is -2.27. The molecule has 2 aromatic rings. The van der Waals surface area contributed by atoms with Crippen molar-refractivity contribution in [1.82, 2.24) is 9.55 Å². The summed E-state index contributed by atoms with van der Waals surface area (Å²) in [6.07, 6.45) is 1.51. The smallest absolute Gasteiger partial charge is 0.356 e. The van der Waals surface area contributed by atoms with Gasteiger partial charge >= 0.3 is 5.97 Å². The van der Waals surface area contributed by atoms with Gasteiger partial charge in [0, 0.05) is 17.8 Å². The van der Waals surface area contributed by atoms with Crippen LogP contribution in [0, 0.1) is 23.3 Å². The van der Waals surface area contributed by atoms with Crippen LogP contribution in [0.4, 0.5) is 8.78 Å². The van der Waals surface area contributed by atoms with Gasteiger partial charge < -0.3 is 14.3 Å². The Morgan fingerprint density at radius 1 is 1.46 bits per heavy atom. The summed E-state index contributed by atoms with van der Waals surface area (Å²) >= 11 is 5.35. The summed E-state index contributed by atoms with van der Waals surface area (Å²) in [5, 5.41) is 0. The van der Waals surface area contributed by atoms with Crippen LogP contribution >= 0.6 is 12.2 Å². The van der Waals surface area contributed by atoms with Gasteiger partial charge in [0.15, 0.2) is 4.77 Å². The quantitative estimate of drug-likeness (QED) is 0.670. The van der Waals surface area contributed by atoms with Gasteiger partial charge in [0.25, 0.3) is 0 Å². The molecule has 1 atom stereocenters. The van der Waals surface area contributed by atoms with E-state index in [2.05, 4.69) is 4.98 Å². The molecule has 3 rings (SSSR count). The van der Waals surface area contributed by atoms with E-state index in [9.17, 15) is 13.6 Å². The lowest BCUT2D eigenvalue weighted by atomic mass is 9.87. The fourth-order valence-electron chi connectivity index (χ4n) is 3.37. The van der Waals surface area contributed by atoms with Crippen molar-refractivity contribution in [2.24, 2.45) is 0 Å². The number of imidazole rings is 1. The Kier molecular flexibility index (Phi) is 4.54. The molecule has 24 heavy (non-hydrogen) atoms. The first-order chi connectivity index (χ1) is 11.4. The number of esters is 1. The van der Waals surface area contributed by atoms with Crippen molar-refractivity contribution < 1.29 is 18.3 Å². The van der Waals surface area contributed by atoms with E-state index in [-0.39, 0.29) is 12.6 Å². The number of aryl methyl sites for hydroxylation is 1. The summed E-state index contributed by atoms with van der Waals surface area (Å²) in [5.74, 6) is -1.55. The second-order valence-corrected chi connectivity index (χ2v) is 6.30. The van der Waals surface area contributed by atoms with Gasteiger partial charge in [-0.3, -0.25) is 0 Å². The van der Waals surface area contributed by atoms with Crippen molar-refractivity contribution in [3.05, 3.63) is 51.1 Å². The molecule has 1 unspecified atom stereocenters. The second kappa shape index (κ2) is 6.47. The molecule has 0 bridgehead atoms. The number of hydrogen-bond donors (Lipinski definition) is 1. The molecule has 1 N–H and O–H groups in total. The summed E-state index contributed by atoms with van der Waals surface area (Å²) in [7, 11) is 0. The molecule has 0 aliphatic heterocycles. The topological polar surface area (TPSA) is 47.0 Å². The first-order valence-electron chi connectivity index (χ1n) is 7.87. The molecule has 0 fully saturated rings. The van der Waals surface area contributed by atoms with Crippen LogP contribution in [-0.4, -0.2) is 22.1 Å². The predicted molar refractivity (Wildman–Crippen MR) is 87.7 cm³/mol. The molecule has 0 amide bonds. The largest absolute Gasteiger partial charge is 0.461 e. The maximum Gasteiger partial charge on any atom is 0.356 e. The lowest BCUT2D eigenvalue weighted by molar-refractivity contribution is 0.0509. The van der Waals surface area contributed by atoms with E-state index in [0.29, 0.717) is 46.5 Å². The zero-order valence-electron chi connectivity index (χ0n) is 13.5. The normalized spacial score (nSPS) is 16.8. The summed E-state index contributed by atoms with van der Waals surface area (Å²) < 4.78 is 34.7. The number of halogens is 2. The standard InChI is InChI=1S/C17H18F2N2O2S/c1-3-23-16(22)15-9(2)20-17(24)21(15)12-4-5-13-10(7-12)6-11(18)8-14(13)19/h6,8,12H,3-5,7H2,1-2H3,(H,20,24). The zero-order chi connectivity index (χ0) is 17.4.